The summed E-state index contributed by atoms with van der Waals surface area (Å²) in [6, 6.07) is 5.34. The number of amides is 1. The number of benzene rings is 1. The number of terminal acetylenes is 1. The number of allylic oxidation sites excluding steroid dienone is 1. The van der Waals surface area contributed by atoms with Gasteiger partial charge < -0.3 is 10.6 Å². The SMILES string of the molecule is C#C/C=N\C1=C(C)NC(=O)c2cc(SN)ccc2N1.CC.CC. The van der Waals surface area contributed by atoms with Gasteiger partial charge in [-0.2, -0.15) is 0 Å². The number of rotatable bonds is 2. The van der Waals surface area contributed by atoms with E-state index in [1.807, 2.05) is 33.8 Å². The van der Waals surface area contributed by atoms with Crippen LogP contribution in [0.2, 0.25) is 0 Å². The zero-order valence-electron chi connectivity index (χ0n) is 14.2. The Kier molecular flexibility index (Phi) is 10.3. The van der Waals surface area contributed by atoms with E-state index < -0.39 is 0 Å². The van der Waals surface area contributed by atoms with Crippen LogP contribution < -0.4 is 15.8 Å². The Morgan fingerprint density at radius 3 is 2.48 bits per heavy atom. The molecule has 1 aliphatic heterocycles. The molecule has 0 radical (unpaired) electrons. The van der Waals surface area contributed by atoms with E-state index in [9.17, 15) is 4.79 Å². The molecule has 23 heavy (non-hydrogen) atoms. The van der Waals surface area contributed by atoms with Crippen molar-refractivity contribution in [2.45, 2.75) is 39.5 Å². The van der Waals surface area contributed by atoms with E-state index >= 15 is 0 Å². The highest BCUT2D eigenvalue weighted by molar-refractivity contribution is 7.97. The molecule has 0 unspecified atom stereocenters. The van der Waals surface area contributed by atoms with Crippen molar-refractivity contribution in [3.05, 3.63) is 35.3 Å². The van der Waals surface area contributed by atoms with Gasteiger partial charge in [0.2, 0.25) is 0 Å². The maximum Gasteiger partial charge on any atom is 0.257 e. The standard InChI is InChI=1S/C13H12N4OS.2C2H6/c1-3-6-15-12-8(2)16-13(18)10-7-9(19-14)4-5-11(10)17-12;2*1-2/h1,4-7,17H,14H2,2H3,(H,16,18);2*1-2H3/b15-6-;;. The third-order valence-corrected chi connectivity index (χ3v) is 3.08. The molecule has 0 aromatic heterocycles. The summed E-state index contributed by atoms with van der Waals surface area (Å²) in [5.74, 6) is 2.62. The predicted molar refractivity (Wildman–Crippen MR) is 100 cm³/mol. The van der Waals surface area contributed by atoms with Crippen LogP contribution in [0.3, 0.4) is 0 Å². The number of nitrogens with two attached hydrogens (primary N) is 1. The maximum absolute atomic E-state index is 12.1. The molecule has 6 heteroatoms. The van der Waals surface area contributed by atoms with Gasteiger partial charge in [0.25, 0.3) is 5.91 Å². The minimum Gasteiger partial charge on any atom is -0.338 e. The Morgan fingerprint density at radius 2 is 1.91 bits per heavy atom. The molecule has 1 amide bonds. The molecule has 5 nitrogen and oxygen atoms in total. The molecule has 0 saturated heterocycles. The summed E-state index contributed by atoms with van der Waals surface area (Å²) in [4.78, 5) is 17.0. The predicted octanol–water partition coefficient (Wildman–Crippen LogP) is 3.75. The number of carbonyl (C=O) groups is 1. The molecule has 0 fully saturated rings. The zero-order valence-corrected chi connectivity index (χ0v) is 15.0. The van der Waals surface area contributed by atoms with Gasteiger partial charge in [-0.3, -0.25) is 9.93 Å². The number of hydrogen-bond donors (Lipinski definition) is 3. The van der Waals surface area contributed by atoms with Crippen molar-refractivity contribution in [3.8, 4) is 12.3 Å². The molecule has 0 aliphatic carbocycles. The Morgan fingerprint density at radius 1 is 1.26 bits per heavy atom. The second-order valence-corrected chi connectivity index (χ2v) is 4.51. The lowest BCUT2D eigenvalue weighted by atomic mass is 10.1. The van der Waals surface area contributed by atoms with Gasteiger partial charge in [-0.1, -0.05) is 33.6 Å². The molecular formula is C17H24N4OS. The fourth-order valence-electron chi connectivity index (χ4n) is 1.64. The summed E-state index contributed by atoms with van der Waals surface area (Å²) in [5, 5.41) is 11.3. The smallest absolute Gasteiger partial charge is 0.257 e. The Balaban J connectivity index is 0.00000112. The van der Waals surface area contributed by atoms with E-state index in [2.05, 4.69) is 21.5 Å². The summed E-state index contributed by atoms with van der Waals surface area (Å²) in [6.45, 7) is 9.75. The molecule has 0 bridgehead atoms. The average molecular weight is 332 g/mol. The van der Waals surface area contributed by atoms with E-state index in [-0.39, 0.29) is 5.91 Å². The second kappa shape index (κ2) is 11.4. The first-order chi connectivity index (χ1) is 11.2. The summed E-state index contributed by atoms with van der Waals surface area (Å²) in [7, 11) is 0. The van der Waals surface area contributed by atoms with Crippen molar-refractivity contribution in [1.82, 2.24) is 5.32 Å². The van der Waals surface area contributed by atoms with Crippen molar-refractivity contribution in [2.24, 2.45) is 10.1 Å². The van der Waals surface area contributed by atoms with Gasteiger partial charge in [-0.05, 0) is 37.1 Å². The van der Waals surface area contributed by atoms with Crippen molar-refractivity contribution >= 4 is 29.8 Å². The van der Waals surface area contributed by atoms with Gasteiger partial charge in [0, 0.05) is 4.90 Å². The summed E-state index contributed by atoms with van der Waals surface area (Å²) in [6.07, 6.45) is 6.46. The van der Waals surface area contributed by atoms with Crippen LogP contribution in [0, 0.1) is 12.3 Å². The van der Waals surface area contributed by atoms with Gasteiger partial charge >= 0.3 is 0 Å². The fraction of sp³-hybridized carbons (Fsp3) is 0.294. The topological polar surface area (TPSA) is 79.5 Å². The van der Waals surface area contributed by atoms with Crippen molar-refractivity contribution in [1.29, 1.82) is 0 Å². The molecule has 1 heterocycles. The fourth-order valence-corrected chi connectivity index (χ4v) is 1.98. The molecule has 0 spiro atoms. The number of carbonyl (C=O) groups excluding carboxylic acids is 1. The lowest BCUT2D eigenvalue weighted by Gasteiger charge is -2.08. The van der Waals surface area contributed by atoms with Gasteiger partial charge in [-0.25, -0.2) is 4.99 Å². The molecule has 0 atom stereocenters. The molecule has 1 aromatic carbocycles. The molecule has 1 aliphatic rings. The normalized spacial score (nSPS) is 12.5. The van der Waals surface area contributed by atoms with Gasteiger partial charge in [-0.15, -0.1) is 6.42 Å². The van der Waals surface area contributed by atoms with E-state index in [0.717, 1.165) is 16.8 Å². The number of nitrogens with one attached hydrogen (secondary N) is 2. The van der Waals surface area contributed by atoms with Gasteiger partial charge in [0.15, 0.2) is 0 Å². The van der Waals surface area contributed by atoms with Crippen molar-refractivity contribution in [3.63, 3.8) is 0 Å². The Hall–Kier alpha value is -2.23. The van der Waals surface area contributed by atoms with E-state index in [1.54, 1.807) is 19.1 Å². The first-order valence-corrected chi connectivity index (χ1v) is 8.32. The molecule has 1 aromatic rings. The lowest BCUT2D eigenvalue weighted by molar-refractivity contribution is 0.0967. The monoisotopic (exact) mass is 332 g/mol. The Bertz CT molecular complexity index is 630. The van der Waals surface area contributed by atoms with Gasteiger partial charge in [0.1, 0.15) is 5.82 Å². The van der Waals surface area contributed by atoms with Crippen LogP contribution in [0.4, 0.5) is 5.69 Å². The quantitative estimate of drug-likeness (QED) is 0.438. The lowest BCUT2D eigenvalue weighted by Crippen LogP contribution is -2.20. The minimum absolute atomic E-state index is 0.207. The van der Waals surface area contributed by atoms with Crippen molar-refractivity contribution < 1.29 is 4.79 Å². The molecule has 4 N–H and O–H groups in total. The van der Waals surface area contributed by atoms with Crippen LogP contribution in [0.1, 0.15) is 45.0 Å². The average Bonchev–Trinajstić information content (AvgIpc) is 2.72. The highest BCUT2D eigenvalue weighted by Crippen LogP contribution is 2.26. The molecular weight excluding hydrogens is 308 g/mol. The first kappa shape index (κ1) is 20.8. The third kappa shape index (κ3) is 5.81. The number of nitrogens with zero attached hydrogens (tertiary/aromatic N) is 1. The summed E-state index contributed by atoms with van der Waals surface area (Å²) < 4.78 is 0. The van der Waals surface area contributed by atoms with Crippen LogP contribution in [0.5, 0.6) is 0 Å². The first-order valence-electron chi connectivity index (χ1n) is 7.44. The second-order valence-electron chi connectivity index (χ2n) is 3.80. The maximum atomic E-state index is 12.1. The van der Waals surface area contributed by atoms with E-state index in [4.69, 9.17) is 11.6 Å². The van der Waals surface area contributed by atoms with Crippen LogP contribution in [0.25, 0.3) is 0 Å². The molecule has 124 valence electrons. The third-order valence-electron chi connectivity index (χ3n) is 2.55. The van der Waals surface area contributed by atoms with Crippen molar-refractivity contribution in [2.75, 3.05) is 5.32 Å². The summed E-state index contributed by atoms with van der Waals surface area (Å²) in [5.41, 5.74) is 1.78. The number of fused-ring (bicyclic) bond motifs is 1. The minimum atomic E-state index is -0.207. The number of hydrogen-bond acceptors (Lipinski definition) is 5. The van der Waals surface area contributed by atoms with Crippen LogP contribution in [0.15, 0.2) is 39.6 Å². The Labute approximate surface area is 143 Å². The number of aliphatic imine (C=N–C) groups is 1. The highest BCUT2D eigenvalue weighted by atomic mass is 32.2. The van der Waals surface area contributed by atoms with E-state index in [0.29, 0.717) is 22.8 Å². The number of anilines is 1. The van der Waals surface area contributed by atoms with Crippen LogP contribution >= 0.6 is 11.9 Å². The van der Waals surface area contributed by atoms with E-state index in [1.165, 1.54) is 6.21 Å². The molecule has 2 rings (SSSR count). The van der Waals surface area contributed by atoms with Crippen LogP contribution in [-0.4, -0.2) is 12.1 Å². The highest BCUT2D eigenvalue weighted by Gasteiger charge is 2.19. The van der Waals surface area contributed by atoms with Gasteiger partial charge in [0.05, 0.1) is 23.2 Å². The summed E-state index contributed by atoms with van der Waals surface area (Å²) >= 11 is 1.09. The van der Waals surface area contributed by atoms with Crippen LogP contribution in [-0.2, 0) is 0 Å². The molecule has 0 saturated carbocycles. The zero-order chi connectivity index (χ0) is 17.8. The largest absolute Gasteiger partial charge is 0.338 e.